The van der Waals surface area contributed by atoms with Crippen LogP contribution in [-0.2, 0) is 4.74 Å². The van der Waals surface area contributed by atoms with E-state index in [1.165, 1.54) is 13.2 Å². The third kappa shape index (κ3) is 3.98. The summed E-state index contributed by atoms with van der Waals surface area (Å²) >= 11 is 0. The zero-order chi connectivity index (χ0) is 22.7. The first kappa shape index (κ1) is 21.3. The number of hydrogen-bond donors (Lipinski definition) is 1. The van der Waals surface area contributed by atoms with Gasteiger partial charge in [-0.2, -0.15) is 0 Å². The Kier molecular flexibility index (Phi) is 6.01. The lowest BCUT2D eigenvalue weighted by Gasteiger charge is -2.27. The number of nitrogens with one attached hydrogen (secondary N) is 1. The van der Waals surface area contributed by atoms with E-state index in [1.54, 1.807) is 41.3 Å². The molecule has 8 nitrogen and oxygen atoms in total. The predicted molar refractivity (Wildman–Crippen MR) is 115 cm³/mol. The molecule has 2 aromatic rings. The number of carbonyl (C=O) groups excluding carboxylic acids is 4. The number of fused-ring (bicyclic) bond motifs is 1. The normalized spacial score (nSPS) is 15.2. The fraction of sp³-hybridized carbons (Fsp3) is 0.250. The Morgan fingerprint density at radius 3 is 2.31 bits per heavy atom. The van der Waals surface area contributed by atoms with E-state index in [0.717, 1.165) is 18.0 Å². The number of nitrogens with zero attached hydrogens (tertiary/aromatic N) is 2. The first-order chi connectivity index (χ1) is 15.5. The van der Waals surface area contributed by atoms with E-state index < -0.39 is 17.8 Å². The molecule has 0 spiro atoms. The maximum Gasteiger partial charge on any atom is 0.339 e. The zero-order valence-corrected chi connectivity index (χ0v) is 17.5. The van der Waals surface area contributed by atoms with Crippen molar-refractivity contribution in [1.82, 2.24) is 15.1 Å². The maximum absolute atomic E-state index is 12.8. The largest absolute Gasteiger partial charge is 0.465 e. The van der Waals surface area contributed by atoms with Crippen molar-refractivity contribution in [2.24, 2.45) is 0 Å². The van der Waals surface area contributed by atoms with Crippen LogP contribution >= 0.6 is 0 Å². The van der Waals surface area contributed by atoms with Crippen LogP contribution in [0, 0.1) is 11.8 Å². The Labute approximate surface area is 185 Å². The Balaban J connectivity index is 1.59. The van der Waals surface area contributed by atoms with Gasteiger partial charge in [0, 0.05) is 37.3 Å². The summed E-state index contributed by atoms with van der Waals surface area (Å²) in [4.78, 5) is 52.8. The van der Waals surface area contributed by atoms with Gasteiger partial charge in [-0.3, -0.25) is 19.3 Å². The van der Waals surface area contributed by atoms with E-state index in [-0.39, 0.29) is 18.0 Å². The van der Waals surface area contributed by atoms with E-state index in [4.69, 9.17) is 4.74 Å². The summed E-state index contributed by atoms with van der Waals surface area (Å²) in [6.45, 7) is 2.50. The summed E-state index contributed by atoms with van der Waals surface area (Å²) in [5.74, 6) is 4.09. The Hall–Kier alpha value is -3.96. The summed E-state index contributed by atoms with van der Waals surface area (Å²) in [6.07, 6.45) is 0. The summed E-state index contributed by atoms with van der Waals surface area (Å²) < 4.78 is 4.82. The molecule has 4 rings (SSSR count). The Bertz CT molecular complexity index is 1140. The molecule has 162 valence electrons. The second-order valence-corrected chi connectivity index (χ2v) is 7.34. The van der Waals surface area contributed by atoms with Crippen LogP contribution in [0.2, 0.25) is 0 Å². The molecule has 2 heterocycles. The number of rotatable bonds is 3. The molecule has 0 bridgehead atoms. The standard InChI is InChI=1S/C24H21N3O5/c1-32-24(31)18-9-8-17(21(28)26-13-10-25-11-14-26)15-16(18)5-4-12-27-22(29)19-6-2-3-7-20(19)23(27)30/h2-3,6-9,15,25H,10-14H2,1H3. The van der Waals surface area contributed by atoms with Crippen molar-refractivity contribution in [2.75, 3.05) is 39.8 Å². The smallest absolute Gasteiger partial charge is 0.339 e. The molecule has 1 N–H and O–H groups in total. The number of imide groups is 1. The van der Waals surface area contributed by atoms with Crippen LogP contribution in [0.3, 0.4) is 0 Å². The number of ether oxygens (including phenoxy) is 1. The average Bonchev–Trinajstić information content (AvgIpc) is 3.08. The van der Waals surface area contributed by atoms with Crippen molar-refractivity contribution in [3.05, 3.63) is 70.3 Å². The summed E-state index contributed by atoms with van der Waals surface area (Å²) in [5.41, 5.74) is 1.61. The van der Waals surface area contributed by atoms with Gasteiger partial charge in [-0.1, -0.05) is 24.0 Å². The van der Waals surface area contributed by atoms with E-state index in [9.17, 15) is 19.2 Å². The molecule has 8 heteroatoms. The minimum absolute atomic E-state index is 0.136. The molecule has 1 saturated heterocycles. The highest BCUT2D eigenvalue weighted by Gasteiger charge is 2.34. The van der Waals surface area contributed by atoms with Crippen molar-refractivity contribution in [2.45, 2.75) is 0 Å². The number of esters is 1. The summed E-state index contributed by atoms with van der Waals surface area (Å²) in [7, 11) is 1.26. The monoisotopic (exact) mass is 431 g/mol. The van der Waals surface area contributed by atoms with E-state index in [2.05, 4.69) is 17.2 Å². The van der Waals surface area contributed by atoms with Crippen LogP contribution in [0.15, 0.2) is 42.5 Å². The zero-order valence-electron chi connectivity index (χ0n) is 17.5. The fourth-order valence-corrected chi connectivity index (χ4v) is 3.72. The first-order valence-electron chi connectivity index (χ1n) is 10.2. The molecule has 2 aliphatic rings. The van der Waals surface area contributed by atoms with Gasteiger partial charge in [0.15, 0.2) is 0 Å². The lowest BCUT2D eigenvalue weighted by molar-refractivity contribution is 0.0597. The van der Waals surface area contributed by atoms with Gasteiger partial charge in [0.1, 0.15) is 0 Å². The van der Waals surface area contributed by atoms with Gasteiger partial charge in [0.25, 0.3) is 17.7 Å². The van der Waals surface area contributed by atoms with Crippen LogP contribution < -0.4 is 5.32 Å². The first-order valence-corrected chi connectivity index (χ1v) is 10.2. The average molecular weight is 431 g/mol. The van der Waals surface area contributed by atoms with Crippen LogP contribution in [-0.4, -0.2) is 73.3 Å². The van der Waals surface area contributed by atoms with Gasteiger partial charge in [0.05, 0.1) is 30.3 Å². The minimum Gasteiger partial charge on any atom is -0.465 e. The third-order valence-electron chi connectivity index (χ3n) is 5.41. The highest BCUT2D eigenvalue weighted by molar-refractivity contribution is 6.21. The molecule has 0 unspecified atom stereocenters. The van der Waals surface area contributed by atoms with Crippen molar-refractivity contribution >= 4 is 23.7 Å². The number of amides is 3. The third-order valence-corrected chi connectivity index (χ3v) is 5.41. The highest BCUT2D eigenvalue weighted by atomic mass is 16.5. The van der Waals surface area contributed by atoms with E-state index in [0.29, 0.717) is 35.3 Å². The van der Waals surface area contributed by atoms with E-state index >= 15 is 0 Å². The van der Waals surface area contributed by atoms with Gasteiger partial charge >= 0.3 is 5.97 Å². The molecule has 0 saturated carbocycles. The molecule has 0 aliphatic carbocycles. The van der Waals surface area contributed by atoms with Gasteiger partial charge in [-0.25, -0.2) is 4.79 Å². The molecular weight excluding hydrogens is 410 g/mol. The van der Waals surface area contributed by atoms with Crippen LogP contribution in [0.25, 0.3) is 0 Å². The number of benzene rings is 2. The Morgan fingerprint density at radius 1 is 1.03 bits per heavy atom. The SMILES string of the molecule is COC(=O)c1ccc(C(=O)N2CCNCC2)cc1C#CCN1C(=O)c2ccccc2C1=O. The van der Waals surface area contributed by atoms with Gasteiger partial charge < -0.3 is 15.0 Å². The fourth-order valence-electron chi connectivity index (χ4n) is 3.72. The topological polar surface area (TPSA) is 96.0 Å². The number of methoxy groups -OCH3 is 1. The van der Waals surface area contributed by atoms with Crippen molar-refractivity contribution < 1.29 is 23.9 Å². The van der Waals surface area contributed by atoms with Gasteiger partial charge in [-0.15, -0.1) is 0 Å². The molecule has 32 heavy (non-hydrogen) atoms. The number of carbonyl (C=O) groups is 4. The molecule has 0 atom stereocenters. The lowest BCUT2D eigenvalue weighted by Crippen LogP contribution is -2.46. The van der Waals surface area contributed by atoms with Gasteiger partial charge in [-0.05, 0) is 30.3 Å². The van der Waals surface area contributed by atoms with Crippen molar-refractivity contribution in [3.63, 3.8) is 0 Å². The number of piperazine rings is 1. The highest BCUT2D eigenvalue weighted by Crippen LogP contribution is 2.22. The quantitative estimate of drug-likeness (QED) is 0.445. The Morgan fingerprint density at radius 2 is 1.69 bits per heavy atom. The number of hydrogen-bond acceptors (Lipinski definition) is 6. The molecule has 0 radical (unpaired) electrons. The molecular formula is C24H21N3O5. The molecule has 0 aromatic heterocycles. The minimum atomic E-state index is -0.587. The second-order valence-electron chi connectivity index (χ2n) is 7.34. The van der Waals surface area contributed by atoms with Gasteiger partial charge in [0.2, 0.25) is 0 Å². The van der Waals surface area contributed by atoms with Crippen molar-refractivity contribution in [1.29, 1.82) is 0 Å². The molecule has 2 aliphatic heterocycles. The second kappa shape index (κ2) is 9.04. The van der Waals surface area contributed by atoms with E-state index in [1.807, 2.05) is 0 Å². The predicted octanol–water partition coefficient (Wildman–Crippen LogP) is 1.17. The van der Waals surface area contributed by atoms with Crippen LogP contribution in [0.4, 0.5) is 0 Å². The van der Waals surface area contributed by atoms with Crippen molar-refractivity contribution in [3.8, 4) is 11.8 Å². The molecule has 3 amide bonds. The van der Waals surface area contributed by atoms with Crippen LogP contribution in [0.1, 0.15) is 47.0 Å². The lowest BCUT2D eigenvalue weighted by atomic mass is 10.0. The van der Waals surface area contributed by atoms with Crippen LogP contribution in [0.5, 0.6) is 0 Å². The summed E-state index contributed by atoms with van der Waals surface area (Å²) in [5, 5.41) is 3.20. The summed E-state index contributed by atoms with van der Waals surface area (Å²) in [6, 6.07) is 11.2. The molecule has 2 aromatic carbocycles. The molecule has 1 fully saturated rings. The maximum atomic E-state index is 12.8.